The molecule has 0 spiro atoms. The van der Waals surface area contributed by atoms with E-state index in [1.54, 1.807) is 20.8 Å². The average molecular weight is 188 g/mol. The Labute approximate surface area is 75.5 Å². The molecule has 0 aromatic carbocycles. The van der Waals surface area contributed by atoms with Gasteiger partial charge in [-0.1, -0.05) is 13.8 Å². The van der Waals surface area contributed by atoms with Crippen LogP contribution in [0.15, 0.2) is 0 Å². The lowest BCUT2D eigenvalue weighted by Crippen LogP contribution is -2.18. The molecule has 0 amide bonds. The van der Waals surface area contributed by atoms with Gasteiger partial charge in [-0.2, -0.15) is 4.68 Å². The summed E-state index contributed by atoms with van der Waals surface area (Å²) in [6.07, 6.45) is 0. The van der Waals surface area contributed by atoms with Crippen molar-refractivity contribution in [3.8, 4) is 0 Å². The maximum Gasteiger partial charge on any atom is 0.252 e. The van der Waals surface area contributed by atoms with Crippen LogP contribution in [0, 0.1) is 12.8 Å². The van der Waals surface area contributed by atoms with Gasteiger partial charge in [-0.05, 0) is 18.5 Å². The van der Waals surface area contributed by atoms with E-state index in [0.717, 1.165) is 4.68 Å². The maximum atomic E-state index is 11.4. The fourth-order valence-electron chi connectivity index (χ4n) is 0.774. The molecule has 66 valence electrons. The van der Waals surface area contributed by atoms with Crippen LogP contribution < -0.4 is 0 Å². The number of hydrogen-bond donors (Lipinski definition) is 0. The average Bonchev–Trinajstić information content (AvgIpc) is 2.28. The molecule has 0 saturated heterocycles. The Morgan fingerprint density at radius 1 is 1.58 bits per heavy atom. The van der Waals surface area contributed by atoms with Crippen molar-refractivity contribution in [2.75, 3.05) is 0 Å². The molecule has 0 saturated carbocycles. The minimum Gasteiger partial charge on any atom is -0.272 e. The van der Waals surface area contributed by atoms with Crippen LogP contribution in [0.3, 0.4) is 0 Å². The van der Waals surface area contributed by atoms with E-state index in [9.17, 15) is 4.79 Å². The van der Waals surface area contributed by atoms with Crippen molar-refractivity contribution in [3.05, 3.63) is 11.1 Å². The Balaban J connectivity index is 3.02. The van der Waals surface area contributed by atoms with Crippen molar-refractivity contribution in [1.29, 1.82) is 0 Å². The highest BCUT2D eigenvalue weighted by atomic mass is 35.5. The molecule has 1 aromatic heterocycles. The number of carbonyl (C=O) groups excluding carboxylic acids is 1. The molecule has 1 aromatic rings. The maximum absolute atomic E-state index is 11.4. The number of rotatable bonds is 1. The SMILES string of the molecule is Cc1nc(Cl)n(C(=O)C(C)C)n1. The summed E-state index contributed by atoms with van der Waals surface area (Å²) in [5.41, 5.74) is 0. The van der Waals surface area contributed by atoms with E-state index < -0.39 is 0 Å². The summed E-state index contributed by atoms with van der Waals surface area (Å²) in [6, 6.07) is 0. The standard InChI is InChI=1S/C7H10ClN3O/c1-4(2)6(12)11-7(8)9-5(3)10-11/h4H,1-3H3. The van der Waals surface area contributed by atoms with Crippen molar-refractivity contribution < 1.29 is 4.79 Å². The summed E-state index contributed by atoms with van der Waals surface area (Å²) in [4.78, 5) is 15.2. The van der Waals surface area contributed by atoms with Gasteiger partial charge < -0.3 is 0 Å². The van der Waals surface area contributed by atoms with E-state index >= 15 is 0 Å². The van der Waals surface area contributed by atoms with E-state index in [4.69, 9.17) is 11.6 Å². The first-order valence-electron chi connectivity index (χ1n) is 3.65. The topological polar surface area (TPSA) is 47.8 Å². The third-order valence-electron chi connectivity index (χ3n) is 1.38. The molecule has 1 heterocycles. The van der Waals surface area contributed by atoms with Gasteiger partial charge >= 0.3 is 0 Å². The van der Waals surface area contributed by atoms with Crippen molar-refractivity contribution in [2.45, 2.75) is 20.8 Å². The van der Waals surface area contributed by atoms with Crippen molar-refractivity contribution >= 4 is 17.5 Å². The summed E-state index contributed by atoms with van der Waals surface area (Å²) >= 11 is 5.65. The summed E-state index contributed by atoms with van der Waals surface area (Å²) in [5.74, 6) is 0.248. The molecule has 5 heteroatoms. The predicted molar refractivity (Wildman–Crippen MR) is 45.2 cm³/mol. The summed E-state index contributed by atoms with van der Waals surface area (Å²) in [5, 5.41) is 3.99. The predicted octanol–water partition coefficient (Wildman–Crippen LogP) is 1.54. The third-order valence-corrected chi connectivity index (χ3v) is 1.62. The van der Waals surface area contributed by atoms with E-state index in [1.807, 2.05) is 0 Å². The fraction of sp³-hybridized carbons (Fsp3) is 0.571. The van der Waals surface area contributed by atoms with Gasteiger partial charge in [0.1, 0.15) is 5.82 Å². The highest BCUT2D eigenvalue weighted by molar-refractivity contribution is 6.29. The van der Waals surface area contributed by atoms with Crippen LogP contribution in [-0.2, 0) is 0 Å². The first-order chi connectivity index (χ1) is 5.52. The van der Waals surface area contributed by atoms with E-state index in [-0.39, 0.29) is 17.1 Å². The minimum atomic E-state index is -0.138. The Kier molecular flexibility index (Phi) is 2.47. The highest BCUT2D eigenvalue weighted by Crippen LogP contribution is 2.07. The molecule has 0 bridgehead atoms. The monoisotopic (exact) mass is 187 g/mol. The van der Waals surface area contributed by atoms with Gasteiger partial charge in [0.2, 0.25) is 5.28 Å². The van der Waals surface area contributed by atoms with E-state index in [0.29, 0.717) is 5.82 Å². The van der Waals surface area contributed by atoms with Gasteiger partial charge in [0.05, 0.1) is 0 Å². The molecule has 1 rings (SSSR count). The molecule has 0 aliphatic heterocycles. The number of halogens is 1. The first-order valence-corrected chi connectivity index (χ1v) is 4.03. The largest absolute Gasteiger partial charge is 0.272 e. The first kappa shape index (κ1) is 9.19. The fourth-order valence-corrected chi connectivity index (χ4v) is 1.02. The van der Waals surface area contributed by atoms with E-state index in [2.05, 4.69) is 10.1 Å². The van der Waals surface area contributed by atoms with Crippen molar-refractivity contribution in [1.82, 2.24) is 14.8 Å². The number of hydrogen-bond acceptors (Lipinski definition) is 3. The quantitative estimate of drug-likeness (QED) is 0.670. The molecule has 0 fully saturated rings. The summed E-state index contributed by atoms with van der Waals surface area (Å²) in [7, 11) is 0. The van der Waals surface area contributed by atoms with Crippen LogP contribution in [-0.4, -0.2) is 20.7 Å². The molecule has 0 atom stereocenters. The summed E-state index contributed by atoms with van der Waals surface area (Å²) in [6.45, 7) is 5.27. The van der Waals surface area contributed by atoms with Gasteiger partial charge in [0.15, 0.2) is 0 Å². The van der Waals surface area contributed by atoms with Crippen molar-refractivity contribution in [2.24, 2.45) is 5.92 Å². The molecule has 0 unspecified atom stereocenters. The van der Waals surface area contributed by atoms with Gasteiger partial charge in [-0.15, -0.1) is 5.10 Å². The lowest BCUT2D eigenvalue weighted by Gasteiger charge is -2.02. The van der Waals surface area contributed by atoms with E-state index in [1.165, 1.54) is 0 Å². The Morgan fingerprint density at radius 2 is 2.17 bits per heavy atom. The van der Waals surface area contributed by atoms with Crippen LogP contribution in [0.4, 0.5) is 0 Å². The second-order valence-corrected chi connectivity index (χ2v) is 3.17. The smallest absolute Gasteiger partial charge is 0.252 e. The van der Waals surface area contributed by atoms with Gasteiger partial charge in [0.25, 0.3) is 5.91 Å². The highest BCUT2D eigenvalue weighted by Gasteiger charge is 2.15. The van der Waals surface area contributed by atoms with Crippen LogP contribution in [0.1, 0.15) is 24.5 Å². The van der Waals surface area contributed by atoms with Crippen LogP contribution >= 0.6 is 11.6 Å². The number of nitrogens with zero attached hydrogens (tertiary/aromatic N) is 3. The Hall–Kier alpha value is -0.900. The number of carbonyl (C=O) groups is 1. The van der Waals surface area contributed by atoms with Crippen LogP contribution in [0.5, 0.6) is 0 Å². The Bertz CT molecular complexity index is 306. The zero-order valence-electron chi connectivity index (χ0n) is 7.21. The normalized spacial score (nSPS) is 10.8. The lowest BCUT2D eigenvalue weighted by molar-refractivity contribution is 0.0838. The lowest BCUT2D eigenvalue weighted by atomic mass is 10.2. The molecule has 0 N–H and O–H groups in total. The summed E-state index contributed by atoms with van der Waals surface area (Å²) < 4.78 is 1.13. The number of aryl methyl sites for hydroxylation is 1. The zero-order chi connectivity index (χ0) is 9.30. The zero-order valence-corrected chi connectivity index (χ0v) is 7.96. The van der Waals surface area contributed by atoms with Gasteiger partial charge in [-0.3, -0.25) is 4.79 Å². The molecule has 12 heavy (non-hydrogen) atoms. The molecular formula is C7H10ClN3O. The van der Waals surface area contributed by atoms with Crippen LogP contribution in [0.2, 0.25) is 5.28 Å². The van der Waals surface area contributed by atoms with Crippen molar-refractivity contribution in [3.63, 3.8) is 0 Å². The molecule has 0 aliphatic carbocycles. The molecule has 0 aliphatic rings. The molecular weight excluding hydrogens is 178 g/mol. The van der Waals surface area contributed by atoms with Crippen LogP contribution in [0.25, 0.3) is 0 Å². The second-order valence-electron chi connectivity index (χ2n) is 2.83. The third kappa shape index (κ3) is 1.64. The number of aromatic nitrogens is 3. The Morgan fingerprint density at radius 3 is 2.50 bits per heavy atom. The minimum absolute atomic E-state index is 0.122. The second kappa shape index (κ2) is 3.23. The molecule has 4 nitrogen and oxygen atoms in total. The van der Waals surface area contributed by atoms with Gasteiger partial charge in [0, 0.05) is 5.92 Å². The molecule has 0 radical (unpaired) electrons. The van der Waals surface area contributed by atoms with Gasteiger partial charge in [-0.25, -0.2) is 4.98 Å².